The normalized spacial score (nSPS) is 19.3. The van der Waals surface area contributed by atoms with Gasteiger partial charge >= 0.3 is 0 Å². The van der Waals surface area contributed by atoms with Gasteiger partial charge in [-0.3, -0.25) is 4.79 Å². The van der Waals surface area contributed by atoms with E-state index in [0.717, 1.165) is 17.7 Å². The number of nitrogens with one attached hydrogen (secondary N) is 1. The van der Waals surface area contributed by atoms with E-state index < -0.39 is 11.6 Å². The molecule has 3 rings (SSSR count). The van der Waals surface area contributed by atoms with Gasteiger partial charge in [0.15, 0.2) is 0 Å². The lowest BCUT2D eigenvalue weighted by molar-refractivity contribution is -0.127. The van der Waals surface area contributed by atoms with Crippen molar-refractivity contribution in [3.05, 3.63) is 59.7 Å². The van der Waals surface area contributed by atoms with E-state index >= 15 is 4.39 Å². The monoisotopic (exact) mass is 312 g/mol. The molecule has 0 aromatic heterocycles. The average molecular weight is 312 g/mol. The predicted molar refractivity (Wildman–Crippen MR) is 91.6 cm³/mol. The molecule has 1 atom stereocenters. The minimum Gasteiger partial charge on any atom is -0.378 e. The van der Waals surface area contributed by atoms with Gasteiger partial charge in [-0.25, -0.2) is 4.39 Å². The molecular weight excluding hydrogens is 291 g/mol. The third kappa shape index (κ3) is 2.93. The lowest BCUT2D eigenvalue weighted by Gasteiger charge is -2.18. The van der Waals surface area contributed by atoms with Crippen LogP contribution in [0, 0.1) is 0 Å². The maximum absolute atomic E-state index is 15.2. The number of para-hydroxylation sites is 1. The molecule has 0 bridgehead atoms. The van der Waals surface area contributed by atoms with Gasteiger partial charge < -0.3 is 10.2 Å². The summed E-state index contributed by atoms with van der Waals surface area (Å²) in [4.78, 5) is 14.1. The Bertz CT molecular complexity index is 712. The van der Waals surface area contributed by atoms with Gasteiger partial charge in [-0.2, -0.15) is 0 Å². The summed E-state index contributed by atoms with van der Waals surface area (Å²) >= 11 is 0. The molecule has 1 heterocycles. The van der Waals surface area contributed by atoms with E-state index in [2.05, 4.69) is 29.6 Å². The van der Waals surface area contributed by atoms with Crippen LogP contribution in [0.15, 0.2) is 48.5 Å². The summed E-state index contributed by atoms with van der Waals surface area (Å²) in [6.07, 6.45) is 1.58. The first kappa shape index (κ1) is 15.5. The van der Waals surface area contributed by atoms with Gasteiger partial charge in [0.1, 0.15) is 0 Å². The highest BCUT2D eigenvalue weighted by Gasteiger charge is 2.46. The largest absolute Gasteiger partial charge is 0.378 e. The molecule has 0 spiro atoms. The van der Waals surface area contributed by atoms with Crippen molar-refractivity contribution in [2.45, 2.75) is 24.9 Å². The molecule has 2 aromatic carbocycles. The first-order valence-corrected chi connectivity index (χ1v) is 7.87. The molecule has 1 N–H and O–H groups in total. The van der Waals surface area contributed by atoms with Crippen LogP contribution >= 0.6 is 0 Å². The molecule has 0 radical (unpaired) electrons. The average Bonchev–Trinajstić information content (AvgIpc) is 2.80. The lowest BCUT2D eigenvalue weighted by Crippen LogP contribution is -2.29. The zero-order valence-electron chi connectivity index (χ0n) is 13.5. The molecule has 3 nitrogen and oxygen atoms in total. The Labute approximate surface area is 136 Å². The Balaban J connectivity index is 1.65. The van der Waals surface area contributed by atoms with Crippen LogP contribution < -0.4 is 10.2 Å². The van der Waals surface area contributed by atoms with Crippen molar-refractivity contribution in [1.29, 1.82) is 0 Å². The molecule has 1 unspecified atom stereocenters. The first-order chi connectivity index (χ1) is 11.0. The van der Waals surface area contributed by atoms with Gasteiger partial charge in [0.05, 0.1) is 0 Å². The highest BCUT2D eigenvalue weighted by atomic mass is 19.1. The Morgan fingerprint density at radius 3 is 2.48 bits per heavy atom. The van der Waals surface area contributed by atoms with E-state index in [9.17, 15) is 4.79 Å². The molecule has 2 aromatic rings. The molecule has 120 valence electrons. The van der Waals surface area contributed by atoms with Crippen molar-refractivity contribution >= 4 is 17.3 Å². The number of hydrogen-bond acceptors (Lipinski definition) is 2. The number of amides is 1. The fourth-order valence-electron chi connectivity index (χ4n) is 3.03. The number of benzene rings is 2. The summed E-state index contributed by atoms with van der Waals surface area (Å²) < 4.78 is 15.2. The second-order valence-corrected chi connectivity index (χ2v) is 6.22. The van der Waals surface area contributed by atoms with Crippen molar-refractivity contribution < 1.29 is 9.18 Å². The first-order valence-electron chi connectivity index (χ1n) is 7.87. The quantitative estimate of drug-likeness (QED) is 0.908. The molecule has 0 saturated heterocycles. The van der Waals surface area contributed by atoms with Gasteiger partial charge in [0, 0.05) is 31.0 Å². The van der Waals surface area contributed by atoms with Gasteiger partial charge in [0.2, 0.25) is 5.67 Å². The third-order valence-corrected chi connectivity index (χ3v) is 4.40. The zero-order chi connectivity index (χ0) is 16.4. The highest BCUT2D eigenvalue weighted by Crippen LogP contribution is 2.42. The van der Waals surface area contributed by atoms with Crippen molar-refractivity contribution in [3.63, 3.8) is 0 Å². The molecule has 0 saturated carbocycles. The maximum atomic E-state index is 15.2. The zero-order valence-corrected chi connectivity index (χ0v) is 13.5. The van der Waals surface area contributed by atoms with E-state index in [1.807, 2.05) is 19.0 Å². The minimum atomic E-state index is -1.90. The maximum Gasteiger partial charge on any atom is 0.266 e. The fourth-order valence-corrected chi connectivity index (χ4v) is 3.03. The van der Waals surface area contributed by atoms with Crippen LogP contribution in [-0.4, -0.2) is 20.0 Å². The van der Waals surface area contributed by atoms with Crippen LogP contribution in [0.4, 0.5) is 15.8 Å². The topological polar surface area (TPSA) is 32.3 Å². The molecular formula is C19H21FN2O. The Kier molecular flexibility index (Phi) is 4.07. The van der Waals surface area contributed by atoms with Gasteiger partial charge in [-0.1, -0.05) is 30.3 Å². The fraction of sp³-hybridized carbons (Fsp3) is 0.316. The summed E-state index contributed by atoms with van der Waals surface area (Å²) in [6.45, 7) is 0. The number of nitrogens with zero attached hydrogens (tertiary/aromatic N) is 1. The molecule has 23 heavy (non-hydrogen) atoms. The SMILES string of the molecule is CN(C)c1ccc(CCCC2(F)C(=O)Nc3ccccc32)cc1. The second kappa shape index (κ2) is 6.03. The highest BCUT2D eigenvalue weighted by molar-refractivity contribution is 6.04. The van der Waals surface area contributed by atoms with Crippen LogP contribution in [0.3, 0.4) is 0 Å². The van der Waals surface area contributed by atoms with Crippen molar-refractivity contribution in [2.75, 3.05) is 24.3 Å². The van der Waals surface area contributed by atoms with E-state index in [-0.39, 0.29) is 6.42 Å². The number of anilines is 2. The van der Waals surface area contributed by atoms with Crippen molar-refractivity contribution in [1.82, 2.24) is 0 Å². The molecule has 1 aliphatic rings. The van der Waals surface area contributed by atoms with Crippen LogP contribution in [0.2, 0.25) is 0 Å². The van der Waals surface area contributed by atoms with Crippen LogP contribution in [-0.2, 0) is 16.9 Å². The van der Waals surface area contributed by atoms with E-state index in [0.29, 0.717) is 17.7 Å². The number of alkyl halides is 1. The Morgan fingerprint density at radius 1 is 1.09 bits per heavy atom. The second-order valence-electron chi connectivity index (χ2n) is 6.22. The lowest BCUT2D eigenvalue weighted by atomic mass is 9.91. The molecule has 1 amide bonds. The molecule has 0 fully saturated rings. The predicted octanol–water partition coefficient (Wildman–Crippen LogP) is 3.89. The van der Waals surface area contributed by atoms with Gasteiger partial charge in [-0.05, 0) is 43.0 Å². The third-order valence-electron chi connectivity index (χ3n) is 4.40. The Hall–Kier alpha value is -2.36. The van der Waals surface area contributed by atoms with Crippen LogP contribution in [0.1, 0.15) is 24.0 Å². The van der Waals surface area contributed by atoms with E-state index in [1.54, 1.807) is 24.3 Å². The Morgan fingerprint density at radius 2 is 1.78 bits per heavy atom. The van der Waals surface area contributed by atoms with E-state index in [1.165, 1.54) is 0 Å². The number of carbonyl (C=O) groups is 1. The number of rotatable bonds is 5. The molecule has 4 heteroatoms. The van der Waals surface area contributed by atoms with Gasteiger partial charge in [0.25, 0.3) is 5.91 Å². The number of carbonyl (C=O) groups excluding carboxylic acids is 1. The number of fused-ring (bicyclic) bond motifs is 1. The summed E-state index contributed by atoms with van der Waals surface area (Å²) in [5.74, 6) is -0.540. The molecule has 0 aliphatic carbocycles. The number of aryl methyl sites for hydroxylation is 1. The summed E-state index contributed by atoms with van der Waals surface area (Å²) in [5.41, 5.74) is 1.45. The summed E-state index contributed by atoms with van der Waals surface area (Å²) in [5, 5.41) is 2.64. The van der Waals surface area contributed by atoms with Crippen LogP contribution in [0.25, 0.3) is 0 Å². The number of hydrogen-bond donors (Lipinski definition) is 1. The minimum absolute atomic E-state index is 0.200. The van der Waals surface area contributed by atoms with Crippen LogP contribution in [0.5, 0.6) is 0 Å². The van der Waals surface area contributed by atoms with Gasteiger partial charge in [-0.15, -0.1) is 0 Å². The molecule has 1 aliphatic heterocycles. The van der Waals surface area contributed by atoms with Crippen molar-refractivity contribution in [2.24, 2.45) is 0 Å². The standard InChI is InChI=1S/C19H21FN2O/c1-22(2)15-11-9-14(10-12-15)6-5-13-19(20)16-7-3-4-8-17(16)21-18(19)23/h3-4,7-12H,5-6,13H2,1-2H3,(H,21,23). The smallest absolute Gasteiger partial charge is 0.266 e. The summed E-state index contributed by atoms with van der Waals surface area (Å²) in [7, 11) is 4.00. The summed E-state index contributed by atoms with van der Waals surface area (Å²) in [6, 6.07) is 15.2. The number of halogens is 1. The van der Waals surface area contributed by atoms with E-state index in [4.69, 9.17) is 0 Å². The van der Waals surface area contributed by atoms with Crippen molar-refractivity contribution in [3.8, 4) is 0 Å².